The summed E-state index contributed by atoms with van der Waals surface area (Å²) in [6.45, 7) is 4.02. The Morgan fingerprint density at radius 1 is 1.11 bits per heavy atom. The van der Waals surface area contributed by atoms with Gasteiger partial charge < -0.3 is 4.74 Å². The number of benzene rings is 1. The summed E-state index contributed by atoms with van der Waals surface area (Å²) < 4.78 is 5.41. The number of carbonyl (C=O) groups excluding carboxylic acids is 2. The minimum absolute atomic E-state index is 0.0192. The monoisotopic (exact) mass is 246 g/mol. The molecule has 0 radical (unpaired) electrons. The summed E-state index contributed by atoms with van der Waals surface area (Å²) in [6.07, 6.45) is 1.00. The van der Waals surface area contributed by atoms with E-state index in [0.717, 1.165) is 22.4 Å². The Bertz CT molecular complexity index is 487. The molecule has 1 aromatic carbocycles. The van der Waals surface area contributed by atoms with E-state index >= 15 is 0 Å². The molecule has 96 valence electrons. The van der Waals surface area contributed by atoms with Gasteiger partial charge in [-0.25, -0.2) is 0 Å². The van der Waals surface area contributed by atoms with E-state index in [2.05, 4.69) is 6.07 Å². The molecule has 2 rings (SSSR count). The van der Waals surface area contributed by atoms with Crippen LogP contribution in [0.4, 0.5) is 0 Å². The number of hydrogen-bond donors (Lipinski definition) is 0. The molecule has 18 heavy (non-hydrogen) atoms. The maximum Gasteiger partial charge on any atom is 0.140 e. The largest absolute Gasteiger partial charge is 0.496 e. The lowest BCUT2D eigenvalue weighted by molar-refractivity contribution is -0.130. The van der Waals surface area contributed by atoms with Gasteiger partial charge in [-0.05, 0) is 31.0 Å². The average Bonchev–Trinajstić information content (AvgIpc) is 2.26. The summed E-state index contributed by atoms with van der Waals surface area (Å²) in [5, 5.41) is 0. The van der Waals surface area contributed by atoms with Crippen LogP contribution in [-0.2, 0) is 9.59 Å². The van der Waals surface area contributed by atoms with Gasteiger partial charge in [0.2, 0.25) is 0 Å². The number of ether oxygens (including phenoxy) is 1. The quantitative estimate of drug-likeness (QED) is 0.753. The SMILES string of the molecule is COc1cc(C)cc(C)c1C1CC(=O)CC(=O)C1. The van der Waals surface area contributed by atoms with Gasteiger partial charge in [0.15, 0.2) is 0 Å². The second-order valence-electron chi connectivity index (χ2n) is 5.06. The van der Waals surface area contributed by atoms with Crippen LogP contribution in [0, 0.1) is 13.8 Å². The standard InChI is InChI=1S/C15H18O3/c1-9-4-10(2)15(14(5-9)18-3)11-6-12(16)8-13(17)7-11/h4-5,11H,6-8H2,1-3H3. The van der Waals surface area contributed by atoms with Crippen molar-refractivity contribution in [2.45, 2.75) is 39.0 Å². The topological polar surface area (TPSA) is 43.4 Å². The average molecular weight is 246 g/mol. The first kappa shape index (κ1) is 12.8. The zero-order valence-electron chi connectivity index (χ0n) is 11.1. The number of hydrogen-bond acceptors (Lipinski definition) is 3. The maximum atomic E-state index is 11.6. The van der Waals surface area contributed by atoms with Crippen molar-refractivity contribution in [3.8, 4) is 5.75 Å². The highest BCUT2D eigenvalue weighted by Crippen LogP contribution is 2.37. The molecule has 0 N–H and O–H groups in total. The fourth-order valence-corrected chi connectivity index (χ4v) is 2.82. The highest BCUT2D eigenvalue weighted by molar-refractivity contribution is 6.02. The minimum atomic E-state index is -0.0192. The summed E-state index contributed by atoms with van der Waals surface area (Å²) in [6, 6.07) is 4.04. The molecule has 1 aliphatic carbocycles. The molecule has 0 unspecified atom stereocenters. The van der Waals surface area contributed by atoms with Crippen LogP contribution in [0.25, 0.3) is 0 Å². The summed E-state index contributed by atoms with van der Waals surface area (Å²) >= 11 is 0. The summed E-state index contributed by atoms with van der Waals surface area (Å²) in [5.41, 5.74) is 3.24. The predicted octanol–water partition coefficient (Wildman–Crippen LogP) is 2.72. The van der Waals surface area contributed by atoms with E-state index in [4.69, 9.17) is 4.74 Å². The Labute approximate surface area is 107 Å². The van der Waals surface area contributed by atoms with Crippen LogP contribution < -0.4 is 4.74 Å². The molecular weight excluding hydrogens is 228 g/mol. The molecule has 0 aliphatic heterocycles. The van der Waals surface area contributed by atoms with Crippen molar-refractivity contribution in [1.29, 1.82) is 0 Å². The van der Waals surface area contributed by atoms with Crippen LogP contribution in [0.15, 0.2) is 12.1 Å². The van der Waals surface area contributed by atoms with E-state index in [-0.39, 0.29) is 23.9 Å². The van der Waals surface area contributed by atoms with Crippen LogP contribution >= 0.6 is 0 Å². The number of Topliss-reactive ketones (excluding diaryl/α,β-unsaturated/α-hetero) is 2. The Hall–Kier alpha value is -1.64. The first-order valence-corrected chi connectivity index (χ1v) is 6.19. The molecule has 1 aromatic rings. The molecule has 0 saturated heterocycles. The molecule has 1 fully saturated rings. The van der Waals surface area contributed by atoms with Gasteiger partial charge in [-0.2, -0.15) is 0 Å². The molecule has 0 aromatic heterocycles. The molecule has 1 saturated carbocycles. The number of aryl methyl sites for hydroxylation is 2. The Kier molecular flexibility index (Phi) is 3.50. The van der Waals surface area contributed by atoms with E-state index in [9.17, 15) is 9.59 Å². The maximum absolute atomic E-state index is 11.6. The van der Waals surface area contributed by atoms with E-state index in [1.165, 1.54) is 0 Å². The molecule has 1 aliphatic rings. The van der Waals surface area contributed by atoms with Crippen molar-refractivity contribution in [3.05, 3.63) is 28.8 Å². The molecule has 3 nitrogen and oxygen atoms in total. The zero-order valence-corrected chi connectivity index (χ0v) is 11.1. The second kappa shape index (κ2) is 4.92. The third-order valence-corrected chi connectivity index (χ3v) is 3.46. The Balaban J connectivity index is 2.43. The number of ketones is 2. The normalized spacial score (nSPS) is 17.1. The third-order valence-electron chi connectivity index (χ3n) is 3.46. The lowest BCUT2D eigenvalue weighted by Gasteiger charge is -2.24. The van der Waals surface area contributed by atoms with Gasteiger partial charge in [-0.3, -0.25) is 9.59 Å². The highest BCUT2D eigenvalue weighted by atomic mass is 16.5. The van der Waals surface area contributed by atoms with Crippen LogP contribution in [0.1, 0.15) is 41.9 Å². The van der Waals surface area contributed by atoms with Gasteiger partial charge in [0.25, 0.3) is 0 Å². The van der Waals surface area contributed by atoms with Crippen molar-refractivity contribution >= 4 is 11.6 Å². The fourth-order valence-electron chi connectivity index (χ4n) is 2.82. The first-order chi connectivity index (χ1) is 8.51. The minimum Gasteiger partial charge on any atom is -0.496 e. The fraction of sp³-hybridized carbons (Fsp3) is 0.467. The van der Waals surface area contributed by atoms with E-state index < -0.39 is 0 Å². The van der Waals surface area contributed by atoms with Gasteiger partial charge in [-0.15, -0.1) is 0 Å². The van der Waals surface area contributed by atoms with Crippen LogP contribution in [-0.4, -0.2) is 18.7 Å². The van der Waals surface area contributed by atoms with E-state index in [0.29, 0.717) is 12.8 Å². The van der Waals surface area contributed by atoms with E-state index in [1.807, 2.05) is 19.9 Å². The summed E-state index contributed by atoms with van der Waals surface area (Å²) in [5.74, 6) is 0.853. The molecule has 3 heteroatoms. The van der Waals surface area contributed by atoms with Crippen LogP contribution in [0.3, 0.4) is 0 Å². The van der Waals surface area contributed by atoms with Gasteiger partial charge >= 0.3 is 0 Å². The van der Waals surface area contributed by atoms with Gasteiger partial charge in [0.1, 0.15) is 17.3 Å². The van der Waals surface area contributed by atoms with Crippen molar-refractivity contribution in [3.63, 3.8) is 0 Å². The Morgan fingerprint density at radius 2 is 1.72 bits per heavy atom. The Morgan fingerprint density at radius 3 is 2.28 bits per heavy atom. The number of carbonyl (C=O) groups is 2. The zero-order chi connectivity index (χ0) is 13.3. The molecule has 0 bridgehead atoms. The van der Waals surface area contributed by atoms with Crippen molar-refractivity contribution < 1.29 is 14.3 Å². The second-order valence-corrected chi connectivity index (χ2v) is 5.06. The molecule has 0 amide bonds. The third kappa shape index (κ3) is 2.45. The van der Waals surface area contributed by atoms with Crippen LogP contribution in [0.5, 0.6) is 5.75 Å². The lowest BCUT2D eigenvalue weighted by atomic mass is 9.80. The molecule has 0 atom stereocenters. The van der Waals surface area contributed by atoms with Crippen LogP contribution in [0.2, 0.25) is 0 Å². The predicted molar refractivity (Wildman–Crippen MR) is 69.1 cm³/mol. The van der Waals surface area contributed by atoms with Gasteiger partial charge in [-0.1, -0.05) is 6.07 Å². The highest BCUT2D eigenvalue weighted by Gasteiger charge is 2.29. The van der Waals surface area contributed by atoms with E-state index in [1.54, 1.807) is 7.11 Å². The van der Waals surface area contributed by atoms with Gasteiger partial charge in [0.05, 0.1) is 13.5 Å². The summed E-state index contributed by atoms with van der Waals surface area (Å²) in [4.78, 5) is 23.1. The number of rotatable bonds is 2. The first-order valence-electron chi connectivity index (χ1n) is 6.19. The van der Waals surface area contributed by atoms with Crippen molar-refractivity contribution in [1.82, 2.24) is 0 Å². The lowest BCUT2D eigenvalue weighted by Crippen LogP contribution is -2.22. The number of methoxy groups -OCH3 is 1. The van der Waals surface area contributed by atoms with Crippen molar-refractivity contribution in [2.75, 3.05) is 7.11 Å². The molecule has 0 heterocycles. The molecule has 0 spiro atoms. The molecular formula is C15H18O3. The van der Waals surface area contributed by atoms with Crippen molar-refractivity contribution in [2.24, 2.45) is 0 Å². The summed E-state index contributed by atoms with van der Waals surface area (Å²) in [7, 11) is 1.63. The van der Waals surface area contributed by atoms with Gasteiger partial charge in [0, 0.05) is 24.3 Å². The smallest absolute Gasteiger partial charge is 0.140 e.